The molecule has 5 aromatic rings. The van der Waals surface area contributed by atoms with E-state index < -0.39 is 46.2 Å². The zero-order valence-corrected chi connectivity index (χ0v) is 24.2. The minimum absolute atomic E-state index is 0.0318. The highest BCUT2D eigenvalue weighted by Gasteiger charge is 2.29. The second-order valence-electron chi connectivity index (χ2n) is 10.9. The number of aromatic amines is 1. The van der Waals surface area contributed by atoms with Gasteiger partial charge in [0.05, 0.1) is 11.6 Å². The molecule has 0 saturated heterocycles. The zero-order chi connectivity index (χ0) is 32.9. The van der Waals surface area contributed by atoms with Gasteiger partial charge in [-0.15, -0.1) is 0 Å². The van der Waals surface area contributed by atoms with E-state index in [1.165, 1.54) is 36.5 Å². The van der Waals surface area contributed by atoms with Gasteiger partial charge in [-0.1, -0.05) is 12.1 Å². The largest absolute Gasteiger partial charge is 0.478 e. The van der Waals surface area contributed by atoms with Crippen molar-refractivity contribution >= 4 is 34.8 Å². The van der Waals surface area contributed by atoms with Gasteiger partial charge in [-0.25, -0.2) is 23.4 Å². The maximum absolute atomic E-state index is 14.4. The highest BCUT2D eigenvalue weighted by atomic mass is 19.1. The van der Waals surface area contributed by atoms with Crippen LogP contribution < -0.4 is 38.2 Å². The number of carboxylic acid groups (broad SMARTS) is 1. The molecule has 0 bridgehead atoms. The van der Waals surface area contributed by atoms with E-state index in [1.807, 2.05) is 0 Å². The summed E-state index contributed by atoms with van der Waals surface area (Å²) >= 11 is 0. The number of imidazole rings is 1. The molecule has 1 atom stereocenters. The summed E-state index contributed by atoms with van der Waals surface area (Å²) in [6, 6.07) is 8.04. The summed E-state index contributed by atoms with van der Waals surface area (Å²) in [6.07, 6.45) is 2.38. The molecule has 14 nitrogen and oxygen atoms in total. The number of nitrogens with two attached hydrogens (primary N) is 1. The molecule has 234 valence electrons. The summed E-state index contributed by atoms with van der Waals surface area (Å²) in [6.45, 7) is 1.50. The number of H-pyrrole nitrogens is 1. The minimum atomic E-state index is -1.03. The number of anilines is 2. The van der Waals surface area contributed by atoms with Crippen molar-refractivity contribution in [1.82, 2.24) is 25.0 Å². The van der Waals surface area contributed by atoms with E-state index in [-0.39, 0.29) is 52.6 Å². The summed E-state index contributed by atoms with van der Waals surface area (Å²) in [5.41, 5.74) is 5.84. The molecule has 1 aliphatic carbocycles. The van der Waals surface area contributed by atoms with Gasteiger partial charge in [0.25, 0.3) is 22.7 Å². The maximum atomic E-state index is 14.4. The molecule has 2 amide bonds. The van der Waals surface area contributed by atoms with Gasteiger partial charge in [0, 0.05) is 24.8 Å². The Morgan fingerprint density at radius 1 is 1.09 bits per heavy atom. The predicted molar refractivity (Wildman–Crippen MR) is 163 cm³/mol. The molecule has 0 aliphatic heterocycles. The number of hydrogen-bond donors (Lipinski definition) is 6. The Hall–Kier alpha value is -6.12. The van der Waals surface area contributed by atoms with Crippen molar-refractivity contribution in [2.45, 2.75) is 38.9 Å². The summed E-state index contributed by atoms with van der Waals surface area (Å²) in [5, 5.41) is 17.6. The van der Waals surface area contributed by atoms with Crippen LogP contribution in [0.15, 0.2) is 57.0 Å². The molecule has 6 rings (SSSR count). The van der Waals surface area contributed by atoms with Crippen molar-refractivity contribution in [1.29, 1.82) is 0 Å². The lowest BCUT2D eigenvalue weighted by molar-refractivity contribution is 0.0695. The van der Waals surface area contributed by atoms with E-state index in [2.05, 4.69) is 25.9 Å². The first-order valence-electron chi connectivity index (χ1n) is 14.1. The number of fused-ring (bicyclic) bond motifs is 2. The Balaban J connectivity index is 1.19. The lowest BCUT2D eigenvalue weighted by Crippen LogP contribution is -2.37. The van der Waals surface area contributed by atoms with E-state index in [9.17, 15) is 38.3 Å². The number of rotatable bonds is 9. The van der Waals surface area contributed by atoms with Gasteiger partial charge in [-0.3, -0.25) is 19.2 Å². The quantitative estimate of drug-likeness (QED) is 0.129. The Morgan fingerprint density at radius 3 is 2.61 bits per heavy atom. The Labute approximate surface area is 257 Å². The van der Waals surface area contributed by atoms with Gasteiger partial charge >= 0.3 is 11.7 Å². The molecule has 15 heteroatoms. The van der Waals surface area contributed by atoms with Crippen molar-refractivity contribution in [3.05, 3.63) is 124 Å². The van der Waals surface area contributed by atoms with Gasteiger partial charge in [0.1, 0.15) is 28.6 Å². The fourth-order valence-electron chi connectivity index (χ4n) is 5.72. The number of benzene rings is 2. The molecule has 0 radical (unpaired) electrons. The summed E-state index contributed by atoms with van der Waals surface area (Å²) in [4.78, 5) is 80.4. The highest BCUT2D eigenvalue weighted by Crippen LogP contribution is 2.35. The van der Waals surface area contributed by atoms with E-state index in [1.54, 1.807) is 13.0 Å². The number of nitrogen functional groups attached to an aromatic ring is 1. The maximum Gasteiger partial charge on any atom is 0.335 e. The predicted octanol–water partition coefficient (Wildman–Crippen LogP) is 1.31. The average Bonchev–Trinajstić information content (AvgIpc) is 3.63. The molecule has 0 spiro atoms. The first kappa shape index (κ1) is 29.9. The number of carboxylic acids is 1. The van der Waals surface area contributed by atoms with Crippen molar-refractivity contribution in [3.63, 3.8) is 0 Å². The van der Waals surface area contributed by atoms with Crippen LogP contribution in [0.4, 0.5) is 15.8 Å². The number of nitrogens with one attached hydrogen (secondary N) is 4. The van der Waals surface area contributed by atoms with E-state index in [4.69, 9.17) is 5.73 Å². The zero-order valence-electron chi connectivity index (χ0n) is 24.2. The number of amides is 2. The third-order valence-corrected chi connectivity index (χ3v) is 8.17. The lowest BCUT2D eigenvalue weighted by Gasteiger charge is -2.16. The van der Waals surface area contributed by atoms with Crippen LogP contribution in [-0.4, -0.2) is 37.3 Å². The smallest absolute Gasteiger partial charge is 0.335 e. The molecule has 2 aromatic heterocycles. The molecule has 3 aromatic carbocycles. The second kappa shape index (κ2) is 11.4. The third kappa shape index (κ3) is 5.16. The first-order chi connectivity index (χ1) is 21.9. The summed E-state index contributed by atoms with van der Waals surface area (Å²) < 4.78 is 15.5. The average molecular weight is 628 g/mol. The Bertz CT molecular complexity index is 2230. The Morgan fingerprint density at radius 2 is 1.87 bits per heavy atom. The fourth-order valence-corrected chi connectivity index (χ4v) is 5.72. The molecule has 7 N–H and O–H groups in total. The second-order valence-corrected chi connectivity index (χ2v) is 10.9. The normalized spacial score (nSPS) is 13.9. The molecular weight excluding hydrogens is 601 g/mol. The van der Waals surface area contributed by atoms with Crippen LogP contribution in [0.3, 0.4) is 0 Å². The summed E-state index contributed by atoms with van der Waals surface area (Å²) in [5.74, 6) is -2.93. The standard InChI is InChI=1S/C31H26FN7O7/c1-13-16-5-7-20(18(16)4-3-17(13)30(44)45)38-28(42)21-9-22(39-23(37-21)12-36-31(39)46)29(43)35-10-14-2-6-19(32)15(8-14)11-34-25-24(33)26(40)27(25)41/h2-4,6,8-9,12,20,34H,5,7,10-11,33H2,1H3,(H,35,43)(H,36,46)(H,38,42)(H,44,45)/t20-/m0/s1. The van der Waals surface area contributed by atoms with E-state index in [0.717, 1.165) is 15.5 Å². The SMILES string of the molecule is Cc1c(C(=O)O)ccc2c1CC[C@@H]2NC(=O)c1cc(C(=O)NCc2ccc(F)c(CNc3c(N)c(=O)c3=O)c2)n2c(=O)[nH]cc2n1. The van der Waals surface area contributed by atoms with E-state index >= 15 is 0 Å². The molecule has 0 unspecified atom stereocenters. The lowest BCUT2D eigenvalue weighted by atomic mass is 9.98. The number of aromatic nitrogens is 3. The van der Waals surface area contributed by atoms with Crippen molar-refractivity contribution in [2.24, 2.45) is 0 Å². The highest BCUT2D eigenvalue weighted by molar-refractivity contribution is 5.98. The van der Waals surface area contributed by atoms with Crippen LogP contribution in [0, 0.1) is 12.7 Å². The van der Waals surface area contributed by atoms with Crippen LogP contribution in [0.2, 0.25) is 0 Å². The van der Waals surface area contributed by atoms with Crippen LogP contribution in [0.5, 0.6) is 0 Å². The summed E-state index contributed by atoms with van der Waals surface area (Å²) in [7, 11) is 0. The molecule has 0 saturated carbocycles. The van der Waals surface area contributed by atoms with E-state index in [0.29, 0.717) is 24.0 Å². The van der Waals surface area contributed by atoms with Gasteiger partial charge in [0.15, 0.2) is 5.65 Å². The molecule has 46 heavy (non-hydrogen) atoms. The first-order valence-corrected chi connectivity index (χ1v) is 14.1. The Kier molecular flexibility index (Phi) is 7.43. The van der Waals surface area contributed by atoms with Gasteiger partial charge in [-0.2, -0.15) is 0 Å². The number of hydrogen-bond acceptors (Lipinski definition) is 9. The van der Waals surface area contributed by atoms with Crippen molar-refractivity contribution in [2.75, 3.05) is 11.1 Å². The number of carbonyl (C=O) groups is 3. The van der Waals surface area contributed by atoms with Crippen LogP contribution in [-0.2, 0) is 19.5 Å². The molecule has 0 fully saturated rings. The van der Waals surface area contributed by atoms with Crippen molar-refractivity contribution < 1.29 is 23.9 Å². The van der Waals surface area contributed by atoms with Crippen LogP contribution in [0.1, 0.15) is 71.6 Å². The molecule has 1 aliphatic rings. The topological polar surface area (TPSA) is 218 Å². The molecule has 2 heterocycles. The van der Waals surface area contributed by atoms with Crippen LogP contribution in [0.25, 0.3) is 5.65 Å². The monoisotopic (exact) mass is 627 g/mol. The van der Waals surface area contributed by atoms with Crippen molar-refractivity contribution in [3.8, 4) is 0 Å². The van der Waals surface area contributed by atoms with Gasteiger partial charge in [-0.05, 0) is 66.3 Å². The molecular formula is C31H26FN7O7. The van der Waals surface area contributed by atoms with Gasteiger partial charge < -0.3 is 31.8 Å². The van der Waals surface area contributed by atoms with Crippen LogP contribution >= 0.6 is 0 Å². The number of aromatic carboxylic acids is 1. The number of carbonyl (C=O) groups excluding carboxylic acids is 2. The number of nitrogens with zero attached hydrogens (tertiary/aromatic N) is 2. The third-order valence-electron chi connectivity index (χ3n) is 8.17. The minimum Gasteiger partial charge on any atom is -0.478 e. The number of halogens is 1. The van der Waals surface area contributed by atoms with Gasteiger partial charge in [0.2, 0.25) is 0 Å². The fraction of sp³-hybridized carbons (Fsp3) is 0.194.